The van der Waals surface area contributed by atoms with Gasteiger partial charge >= 0.3 is 0 Å². The maximum atomic E-state index is 5.10. The van der Waals surface area contributed by atoms with Crippen molar-refractivity contribution in [3.8, 4) is 39.3 Å². The van der Waals surface area contributed by atoms with Crippen LogP contribution >= 0.6 is 0 Å². The van der Waals surface area contributed by atoms with Gasteiger partial charge in [0.2, 0.25) is 0 Å². The van der Waals surface area contributed by atoms with Gasteiger partial charge in [-0.05, 0) is 99.6 Å². The Hall–Kier alpha value is -8.11. The monoisotopic (exact) mass is 830 g/mol. The standard InChI is InChI=1S/C61H42N2Si/c1-4-19-46(20-5-1)61-62-57-30-16-17-31-58(57)63(61)48-37-32-44(33-38-48)59-53-26-12-14-28-55(53)60(56-29-15-13-27-54(56)59)45-35-39-51(40-36-45)64(49-22-6-2-7-23-49,50-24-8-3-9-25-50)52-41-34-43-18-10-11-21-47(43)42-52/h1-42H. The van der Waals surface area contributed by atoms with Gasteiger partial charge in [0.15, 0.2) is 8.07 Å². The highest BCUT2D eigenvalue weighted by molar-refractivity contribution is 7.20. The lowest BCUT2D eigenvalue weighted by Gasteiger charge is -2.34. The third-order valence-corrected chi connectivity index (χ3v) is 17.9. The van der Waals surface area contributed by atoms with Gasteiger partial charge in [-0.15, -0.1) is 0 Å². The van der Waals surface area contributed by atoms with Crippen LogP contribution in [-0.4, -0.2) is 17.6 Å². The predicted octanol–water partition coefficient (Wildman–Crippen LogP) is 12.9. The zero-order valence-electron chi connectivity index (χ0n) is 35.1. The van der Waals surface area contributed by atoms with Crippen molar-refractivity contribution >= 4 is 72.2 Å². The first-order valence-corrected chi connectivity index (χ1v) is 24.0. The molecular weight excluding hydrogens is 789 g/mol. The van der Waals surface area contributed by atoms with Crippen LogP contribution in [0, 0.1) is 0 Å². The van der Waals surface area contributed by atoms with Crippen LogP contribution in [0.2, 0.25) is 0 Å². The third-order valence-electron chi connectivity index (χ3n) is 13.1. The van der Waals surface area contributed by atoms with E-state index in [9.17, 15) is 0 Å². The fraction of sp³-hybridized carbons (Fsp3) is 0. The van der Waals surface area contributed by atoms with Gasteiger partial charge in [-0.1, -0.05) is 231 Å². The third kappa shape index (κ3) is 6.12. The van der Waals surface area contributed by atoms with Crippen LogP contribution in [-0.2, 0) is 0 Å². The van der Waals surface area contributed by atoms with Gasteiger partial charge in [0.1, 0.15) is 5.82 Å². The Morgan fingerprint density at radius 2 is 0.750 bits per heavy atom. The van der Waals surface area contributed by atoms with E-state index in [1.807, 2.05) is 0 Å². The summed E-state index contributed by atoms with van der Waals surface area (Å²) in [5.74, 6) is 0.936. The molecule has 0 atom stereocenters. The van der Waals surface area contributed by atoms with Crippen molar-refractivity contribution in [2.45, 2.75) is 0 Å². The lowest BCUT2D eigenvalue weighted by Crippen LogP contribution is -2.74. The van der Waals surface area contributed by atoms with E-state index in [4.69, 9.17) is 4.98 Å². The molecule has 3 heteroatoms. The van der Waals surface area contributed by atoms with Crippen molar-refractivity contribution < 1.29 is 0 Å². The molecule has 0 aliphatic rings. The van der Waals surface area contributed by atoms with Crippen molar-refractivity contribution in [1.82, 2.24) is 9.55 Å². The Kier molecular flexibility index (Phi) is 9.21. The van der Waals surface area contributed by atoms with Gasteiger partial charge in [0, 0.05) is 11.3 Å². The van der Waals surface area contributed by atoms with Crippen molar-refractivity contribution in [3.63, 3.8) is 0 Å². The fourth-order valence-electron chi connectivity index (χ4n) is 10.3. The lowest BCUT2D eigenvalue weighted by atomic mass is 9.86. The van der Waals surface area contributed by atoms with E-state index in [0.29, 0.717) is 0 Å². The number of rotatable bonds is 8. The van der Waals surface area contributed by atoms with Crippen molar-refractivity contribution in [2.24, 2.45) is 0 Å². The Labute approximate surface area is 374 Å². The first-order valence-electron chi connectivity index (χ1n) is 22.0. The highest BCUT2D eigenvalue weighted by Gasteiger charge is 2.41. The molecule has 1 aromatic heterocycles. The van der Waals surface area contributed by atoms with Crippen LogP contribution in [0.4, 0.5) is 0 Å². The molecular formula is C61H42N2Si. The zero-order chi connectivity index (χ0) is 42.5. The molecule has 2 nitrogen and oxygen atoms in total. The molecule has 12 rings (SSSR count). The molecule has 0 bridgehead atoms. The first-order chi connectivity index (χ1) is 31.8. The quantitative estimate of drug-likeness (QED) is 0.0847. The molecule has 0 radical (unpaired) electrons. The van der Waals surface area contributed by atoms with Gasteiger partial charge in [-0.2, -0.15) is 0 Å². The van der Waals surface area contributed by atoms with Gasteiger partial charge < -0.3 is 0 Å². The van der Waals surface area contributed by atoms with Gasteiger partial charge in [-0.3, -0.25) is 4.57 Å². The number of nitrogens with zero attached hydrogens (tertiary/aromatic N) is 2. The molecule has 12 aromatic rings. The van der Waals surface area contributed by atoms with Crippen molar-refractivity contribution in [2.75, 3.05) is 0 Å². The van der Waals surface area contributed by atoms with E-state index in [2.05, 4.69) is 259 Å². The fourth-order valence-corrected chi connectivity index (χ4v) is 15.0. The summed E-state index contributed by atoms with van der Waals surface area (Å²) >= 11 is 0. The molecule has 0 fully saturated rings. The minimum Gasteiger partial charge on any atom is -0.292 e. The van der Waals surface area contributed by atoms with Gasteiger partial charge in [0.25, 0.3) is 0 Å². The number of hydrogen-bond donors (Lipinski definition) is 0. The van der Waals surface area contributed by atoms with E-state index in [1.54, 1.807) is 0 Å². The molecule has 64 heavy (non-hydrogen) atoms. The summed E-state index contributed by atoms with van der Waals surface area (Å²) in [6.45, 7) is 0. The molecule has 0 aliphatic heterocycles. The number of hydrogen-bond acceptors (Lipinski definition) is 1. The maximum Gasteiger partial charge on any atom is 0.179 e. The molecule has 0 saturated carbocycles. The molecule has 0 N–H and O–H groups in total. The van der Waals surface area contributed by atoms with E-state index < -0.39 is 8.07 Å². The molecule has 11 aromatic carbocycles. The average Bonchev–Trinajstić information content (AvgIpc) is 3.77. The number of benzene rings is 11. The largest absolute Gasteiger partial charge is 0.292 e. The smallest absolute Gasteiger partial charge is 0.179 e. The molecule has 0 saturated heterocycles. The lowest BCUT2D eigenvalue weighted by molar-refractivity contribution is 1.10. The van der Waals surface area contributed by atoms with E-state index in [1.165, 1.54) is 75.3 Å². The summed E-state index contributed by atoms with van der Waals surface area (Å²) in [4.78, 5) is 5.10. The minimum absolute atomic E-state index is 0.936. The number of para-hydroxylation sites is 2. The Bertz CT molecular complexity index is 3540. The molecule has 0 aliphatic carbocycles. The second-order valence-corrected chi connectivity index (χ2v) is 20.4. The summed E-state index contributed by atoms with van der Waals surface area (Å²) in [5, 5.41) is 12.9. The van der Waals surface area contributed by atoms with Crippen LogP contribution < -0.4 is 20.7 Å². The van der Waals surface area contributed by atoms with Gasteiger partial charge in [-0.25, -0.2) is 4.98 Å². The zero-order valence-corrected chi connectivity index (χ0v) is 36.1. The van der Waals surface area contributed by atoms with Crippen molar-refractivity contribution in [1.29, 1.82) is 0 Å². The topological polar surface area (TPSA) is 17.8 Å². The first kappa shape index (κ1) is 37.6. The van der Waals surface area contributed by atoms with Crippen LogP contribution in [0.25, 0.3) is 82.7 Å². The molecule has 300 valence electrons. The summed E-state index contributed by atoms with van der Waals surface area (Å²) in [6.07, 6.45) is 0. The number of fused-ring (bicyclic) bond motifs is 4. The second kappa shape index (κ2) is 15.7. The van der Waals surface area contributed by atoms with Crippen LogP contribution in [0.15, 0.2) is 255 Å². The highest BCUT2D eigenvalue weighted by atomic mass is 28.3. The van der Waals surface area contributed by atoms with Crippen LogP contribution in [0.5, 0.6) is 0 Å². The Morgan fingerprint density at radius 1 is 0.312 bits per heavy atom. The van der Waals surface area contributed by atoms with E-state index in [-0.39, 0.29) is 0 Å². The van der Waals surface area contributed by atoms with E-state index in [0.717, 1.165) is 28.1 Å². The van der Waals surface area contributed by atoms with Crippen LogP contribution in [0.3, 0.4) is 0 Å². The number of imidazole rings is 1. The summed E-state index contributed by atoms with van der Waals surface area (Å²) < 4.78 is 2.28. The number of aromatic nitrogens is 2. The Morgan fingerprint density at radius 3 is 1.33 bits per heavy atom. The summed E-state index contributed by atoms with van der Waals surface area (Å²) in [6, 6.07) is 93.7. The Balaban J connectivity index is 1.02. The van der Waals surface area contributed by atoms with Crippen molar-refractivity contribution in [3.05, 3.63) is 255 Å². The maximum absolute atomic E-state index is 5.10. The summed E-state index contributed by atoms with van der Waals surface area (Å²) in [7, 11) is -2.77. The minimum atomic E-state index is -2.77. The SMILES string of the molecule is c1ccc(-c2nc3ccccc3n2-c2ccc(-c3c4ccccc4c(-c4ccc([Si](c5ccccc5)(c5ccccc5)c5ccc6ccccc6c5)cc4)c4ccccc34)cc2)cc1. The van der Waals surface area contributed by atoms with Gasteiger partial charge in [0.05, 0.1) is 11.0 Å². The second-order valence-electron chi connectivity index (χ2n) is 16.6. The highest BCUT2D eigenvalue weighted by Crippen LogP contribution is 2.44. The predicted molar refractivity (Wildman–Crippen MR) is 274 cm³/mol. The summed E-state index contributed by atoms with van der Waals surface area (Å²) in [5.41, 5.74) is 9.13. The van der Waals surface area contributed by atoms with Crippen LogP contribution in [0.1, 0.15) is 0 Å². The molecule has 0 amide bonds. The molecule has 1 heterocycles. The molecule has 0 spiro atoms. The average molecular weight is 831 g/mol. The molecule has 0 unspecified atom stereocenters. The normalized spacial score (nSPS) is 11.8. The van der Waals surface area contributed by atoms with E-state index >= 15 is 0 Å².